The Balaban J connectivity index is 2.06. The molecule has 1 aliphatic heterocycles. The van der Waals surface area contributed by atoms with E-state index in [0.29, 0.717) is 11.3 Å². The summed E-state index contributed by atoms with van der Waals surface area (Å²) in [5.74, 6) is 0.694. The molecule has 19 heavy (non-hydrogen) atoms. The van der Waals surface area contributed by atoms with Gasteiger partial charge in [0.2, 0.25) is 5.95 Å². The Morgan fingerprint density at radius 2 is 1.95 bits per heavy atom. The van der Waals surface area contributed by atoms with Crippen LogP contribution in [0.1, 0.15) is 5.56 Å². The number of aromatic nitrogens is 2. The van der Waals surface area contributed by atoms with Crippen molar-refractivity contribution in [2.24, 2.45) is 0 Å². The van der Waals surface area contributed by atoms with Gasteiger partial charge in [0, 0.05) is 26.2 Å². The van der Waals surface area contributed by atoms with Crippen molar-refractivity contribution in [3.8, 4) is 0 Å². The van der Waals surface area contributed by atoms with Crippen molar-refractivity contribution in [2.45, 2.75) is 6.92 Å². The zero-order valence-electron chi connectivity index (χ0n) is 11.3. The summed E-state index contributed by atoms with van der Waals surface area (Å²) >= 11 is 0. The van der Waals surface area contributed by atoms with Gasteiger partial charge in [-0.2, -0.15) is 0 Å². The lowest BCUT2D eigenvalue weighted by molar-refractivity contribution is 0.311. The van der Waals surface area contributed by atoms with Gasteiger partial charge in [-0.15, -0.1) is 0 Å². The molecule has 1 aromatic heterocycles. The average molecular weight is 258 g/mol. The molecule has 5 heteroatoms. The first-order chi connectivity index (χ1) is 9.15. The predicted molar refractivity (Wildman–Crippen MR) is 76.8 cm³/mol. The number of fused-ring (bicyclic) bond motifs is 1. The number of nitrogens with zero attached hydrogens (tertiary/aromatic N) is 3. The highest BCUT2D eigenvalue weighted by Gasteiger charge is 2.17. The lowest BCUT2D eigenvalue weighted by Gasteiger charge is -2.32. The van der Waals surface area contributed by atoms with E-state index in [1.54, 1.807) is 0 Å². The molecular formula is C14H18N4O. The highest BCUT2D eigenvalue weighted by molar-refractivity contribution is 5.81. The van der Waals surface area contributed by atoms with E-state index in [0.717, 1.165) is 37.3 Å². The largest absolute Gasteiger partial charge is 0.340 e. The second-order valence-electron chi connectivity index (χ2n) is 5.15. The standard InChI is InChI=1S/C14H18N4O/c1-10-4-3-5-11-12(10)15-14(16-13(11)19)18-8-6-17(2)7-9-18/h3-5H,6-9H2,1-2H3,(H,15,16,19). The molecule has 0 atom stereocenters. The van der Waals surface area contributed by atoms with Crippen molar-refractivity contribution in [2.75, 3.05) is 38.1 Å². The summed E-state index contributed by atoms with van der Waals surface area (Å²) in [5, 5.41) is 0.665. The van der Waals surface area contributed by atoms with Crippen molar-refractivity contribution >= 4 is 16.9 Å². The van der Waals surface area contributed by atoms with Gasteiger partial charge >= 0.3 is 0 Å². The average Bonchev–Trinajstić information content (AvgIpc) is 2.41. The Bertz CT molecular complexity index is 656. The maximum absolute atomic E-state index is 12.1. The molecule has 5 nitrogen and oxygen atoms in total. The van der Waals surface area contributed by atoms with Crippen LogP contribution in [0.25, 0.3) is 10.9 Å². The van der Waals surface area contributed by atoms with E-state index in [2.05, 4.69) is 26.8 Å². The van der Waals surface area contributed by atoms with E-state index in [-0.39, 0.29) is 5.56 Å². The van der Waals surface area contributed by atoms with Crippen LogP contribution in [0.4, 0.5) is 5.95 Å². The van der Waals surface area contributed by atoms with E-state index in [1.807, 2.05) is 25.1 Å². The number of para-hydroxylation sites is 1. The molecule has 2 aromatic rings. The number of rotatable bonds is 1. The number of likely N-dealkylation sites (N-methyl/N-ethyl adjacent to an activating group) is 1. The second-order valence-corrected chi connectivity index (χ2v) is 5.15. The molecule has 0 saturated carbocycles. The van der Waals surface area contributed by atoms with Gasteiger partial charge in [-0.3, -0.25) is 9.78 Å². The molecule has 0 radical (unpaired) electrons. The quantitative estimate of drug-likeness (QED) is 0.828. The van der Waals surface area contributed by atoms with Gasteiger partial charge in [0.1, 0.15) is 0 Å². The molecule has 3 rings (SSSR count). The number of nitrogens with one attached hydrogen (secondary N) is 1. The summed E-state index contributed by atoms with van der Waals surface area (Å²) in [5.41, 5.74) is 1.79. The van der Waals surface area contributed by atoms with Gasteiger partial charge in [0.05, 0.1) is 10.9 Å². The first-order valence-corrected chi connectivity index (χ1v) is 6.58. The van der Waals surface area contributed by atoms with Crippen LogP contribution in [0.15, 0.2) is 23.0 Å². The number of benzene rings is 1. The zero-order valence-corrected chi connectivity index (χ0v) is 11.3. The molecular weight excluding hydrogens is 240 g/mol. The molecule has 1 aliphatic rings. The molecule has 1 fully saturated rings. The van der Waals surface area contributed by atoms with Gasteiger partial charge in [0.25, 0.3) is 5.56 Å². The van der Waals surface area contributed by atoms with E-state index >= 15 is 0 Å². The van der Waals surface area contributed by atoms with Gasteiger partial charge in [-0.1, -0.05) is 12.1 Å². The van der Waals surface area contributed by atoms with Gasteiger partial charge in [0.15, 0.2) is 0 Å². The Morgan fingerprint density at radius 3 is 2.68 bits per heavy atom. The van der Waals surface area contributed by atoms with Crippen LogP contribution in [0.5, 0.6) is 0 Å². The minimum absolute atomic E-state index is 0.0531. The number of H-pyrrole nitrogens is 1. The second kappa shape index (κ2) is 4.66. The first kappa shape index (κ1) is 12.2. The highest BCUT2D eigenvalue weighted by atomic mass is 16.1. The van der Waals surface area contributed by atoms with Crippen molar-refractivity contribution in [1.29, 1.82) is 0 Å². The summed E-state index contributed by atoms with van der Waals surface area (Å²) < 4.78 is 0. The van der Waals surface area contributed by atoms with E-state index < -0.39 is 0 Å². The predicted octanol–water partition coefficient (Wildman–Crippen LogP) is 0.983. The van der Waals surface area contributed by atoms with Gasteiger partial charge in [-0.05, 0) is 25.6 Å². The van der Waals surface area contributed by atoms with Crippen LogP contribution in [0.3, 0.4) is 0 Å². The third-order valence-corrected chi connectivity index (χ3v) is 3.73. The smallest absolute Gasteiger partial charge is 0.260 e. The topological polar surface area (TPSA) is 52.2 Å². The van der Waals surface area contributed by atoms with Crippen LogP contribution in [0.2, 0.25) is 0 Å². The van der Waals surface area contributed by atoms with Gasteiger partial charge < -0.3 is 9.80 Å². The molecule has 0 bridgehead atoms. The Kier molecular flexibility index (Phi) is 2.98. The number of piperazine rings is 1. The SMILES string of the molecule is Cc1cccc2c(=O)[nH]c(N3CCN(C)CC3)nc12. The molecule has 0 amide bonds. The number of hydrogen-bond acceptors (Lipinski definition) is 4. The fourth-order valence-electron chi connectivity index (χ4n) is 2.46. The van der Waals surface area contributed by atoms with Crippen LogP contribution >= 0.6 is 0 Å². The maximum Gasteiger partial charge on any atom is 0.260 e. The Morgan fingerprint density at radius 1 is 1.21 bits per heavy atom. The fourth-order valence-corrected chi connectivity index (χ4v) is 2.46. The van der Waals surface area contributed by atoms with E-state index in [1.165, 1.54) is 0 Å². The Labute approximate surface area is 111 Å². The number of anilines is 1. The van der Waals surface area contributed by atoms with Crippen molar-refractivity contribution in [3.63, 3.8) is 0 Å². The fraction of sp³-hybridized carbons (Fsp3) is 0.429. The van der Waals surface area contributed by atoms with Crippen LogP contribution in [-0.2, 0) is 0 Å². The van der Waals surface area contributed by atoms with Crippen LogP contribution in [-0.4, -0.2) is 48.1 Å². The van der Waals surface area contributed by atoms with Crippen LogP contribution < -0.4 is 10.5 Å². The summed E-state index contributed by atoms with van der Waals surface area (Å²) in [6.07, 6.45) is 0. The minimum Gasteiger partial charge on any atom is -0.340 e. The van der Waals surface area contributed by atoms with Crippen LogP contribution in [0, 0.1) is 6.92 Å². The summed E-state index contributed by atoms with van der Waals surface area (Å²) in [6, 6.07) is 5.70. The molecule has 0 unspecified atom stereocenters. The monoisotopic (exact) mass is 258 g/mol. The zero-order chi connectivity index (χ0) is 13.4. The molecule has 0 spiro atoms. The lowest BCUT2D eigenvalue weighted by Crippen LogP contribution is -2.45. The number of aromatic amines is 1. The minimum atomic E-state index is -0.0531. The molecule has 0 aliphatic carbocycles. The maximum atomic E-state index is 12.1. The summed E-state index contributed by atoms with van der Waals surface area (Å²) in [6.45, 7) is 5.78. The van der Waals surface area contributed by atoms with Crippen molar-refractivity contribution in [3.05, 3.63) is 34.1 Å². The molecule has 1 aromatic carbocycles. The summed E-state index contributed by atoms with van der Waals surface area (Å²) in [7, 11) is 2.11. The molecule has 1 saturated heterocycles. The van der Waals surface area contributed by atoms with Crippen molar-refractivity contribution < 1.29 is 0 Å². The van der Waals surface area contributed by atoms with E-state index in [9.17, 15) is 4.79 Å². The first-order valence-electron chi connectivity index (χ1n) is 6.58. The number of aryl methyl sites for hydroxylation is 1. The van der Waals surface area contributed by atoms with Gasteiger partial charge in [-0.25, -0.2) is 4.98 Å². The third-order valence-electron chi connectivity index (χ3n) is 3.73. The Hall–Kier alpha value is -1.88. The molecule has 1 N–H and O–H groups in total. The van der Waals surface area contributed by atoms with Crippen molar-refractivity contribution in [1.82, 2.24) is 14.9 Å². The normalized spacial score (nSPS) is 17.1. The highest BCUT2D eigenvalue weighted by Crippen LogP contribution is 2.16. The third kappa shape index (κ3) is 2.21. The lowest BCUT2D eigenvalue weighted by atomic mass is 10.1. The molecule has 100 valence electrons. The molecule has 2 heterocycles. The number of hydrogen-bond donors (Lipinski definition) is 1. The summed E-state index contributed by atoms with van der Waals surface area (Å²) in [4.78, 5) is 24.1. The van der Waals surface area contributed by atoms with E-state index in [4.69, 9.17) is 0 Å².